The Hall–Kier alpha value is -1.17. The smallest absolute Gasteiger partial charge is 0.329 e. The normalized spacial score (nSPS) is 28.4. The van der Waals surface area contributed by atoms with Crippen molar-refractivity contribution in [2.24, 2.45) is 0 Å². The summed E-state index contributed by atoms with van der Waals surface area (Å²) in [6, 6.07) is 0. The molecule has 0 spiro atoms. The Morgan fingerprint density at radius 1 is 1.50 bits per heavy atom. The lowest BCUT2D eigenvalue weighted by Crippen LogP contribution is -2.55. The maximum Gasteiger partial charge on any atom is 0.329 e. The van der Waals surface area contributed by atoms with Crippen LogP contribution in [0.25, 0.3) is 0 Å². The Kier molecular flexibility index (Phi) is 2.77. The van der Waals surface area contributed by atoms with Crippen molar-refractivity contribution in [3.63, 3.8) is 0 Å². The molecule has 1 unspecified atom stereocenters. The molecule has 1 saturated heterocycles. The summed E-state index contributed by atoms with van der Waals surface area (Å²) in [5, 5.41) is 10.3. The summed E-state index contributed by atoms with van der Waals surface area (Å²) in [5.41, 5.74) is -0.821. The van der Waals surface area contributed by atoms with Crippen LogP contribution in [-0.2, 0) is 4.79 Å². The zero-order valence-electron chi connectivity index (χ0n) is 10.4. The minimum atomic E-state index is -0.821. The van der Waals surface area contributed by atoms with Crippen LogP contribution in [0.15, 0.2) is 0 Å². The van der Waals surface area contributed by atoms with Gasteiger partial charge in [0.15, 0.2) is 0 Å². The molecule has 0 bridgehead atoms. The van der Waals surface area contributed by atoms with Gasteiger partial charge in [0.2, 0.25) is 5.13 Å². The standard InChI is InChI=1S/C12H17N3O2S/c1-12(10(16)17)6-2-3-7-15(12)11-13-9(14-18-11)8-4-5-8/h8H,2-7H2,1H3,(H,16,17). The maximum absolute atomic E-state index is 11.5. The van der Waals surface area contributed by atoms with Gasteiger partial charge < -0.3 is 10.0 Å². The van der Waals surface area contributed by atoms with Crippen LogP contribution >= 0.6 is 11.5 Å². The summed E-state index contributed by atoms with van der Waals surface area (Å²) >= 11 is 1.35. The third-order valence-corrected chi connectivity index (χ3v) is 4.71. The molecule has 1 N–H and O–H groups in total. The number of carboxylic acid groups (broad SMARTS) is 1. The first kappa shape index (κ1) is 11.9. The van der Waals surface area contributed by atoms with Gasteiger partial charge in [-0.05, 0) is 39.0 Å². The number of carbonyl (C=O) groups is 1. The van der Waals surface area contributed by atoms with E-state index in [9.17, 15) is 9.90 Å². The first-order valence-corrected chi connectivity index (χ1v) is 7.23. The van der Waals surface area contributed by atoms with E-state index in [1.165, 1.54) is 24.4 Å². The second-order valence-corrected chi connectivity index (χ2v) is 6.13. The van der Waals surface area contributed by atoms with Gasteiger partial charge in [-0.1, -0.05) is 0 Å². The number of piperidine rings is 1. The molecule has 0 aromatic carbocycles. The van der Waals surface area contributed by atoms with Crippen LogP contribution in [0.1, 0.15) is 50.8 Å². The average Bonchev–Trinajstić information content (AvgIpc) is 3.09. The van der Waals surface area contributed by atoms with E-state index in [2.05, 4.69) is 9.36 Å². The zero-order valence-corrected chi connectivity index (χ0v) is 11.2. The summed E-state index contributed by atoms with van der Waals surface area (Å²) in [6.07, 6.45) is 5.02. The highest BCUT2D eigenvalue weighted by Crippen LogP contribution is 2.41. The van der Waals surface area contributed by atoms with Crippen molar-refractivity contribution >= 4 is 22.6 Å². The Labute approximate surface area is 110 Å². The molecule has 2 aliphatic rings. The highest BCUT2D eigenvalue weighted by Gasteiger charge is 2.43. The van der Waals surface area contributed by atoms with Crippen LogP contribution in [0.4, 0.5) is 5.13 Å². The Balaban J connectivity index is 1.89. The van der Waals surface area contributed by atoms with Gasteiger partial charge in [0.25, 0.3) is 0 Å². The van der Waals surface area contributed by atoms with Crippen molar-refractivity contribution in [1.29, 1.82) is 0 Å². The predicted octanol–water partition coefficient (Wildman–Crippen LogP) is 2.25. The molecular formula is C12H17N3O2S. The third kappa shape index (κ3) is 1.88. The topological polar surface area (TPSA) is 66.3 Å². The fraction of sp³-hybridized carbons (Fsp3) is 0.750. The summed E-state index contributed by atoms with van der Waals surface area (Å²) in [7, 11) is 0. The van der Waals surface area contributed by atoms with Crippen LogP contribution in [0, 0.1) is 0 Å². The monoisotopic (exact) mass is 267 g/mol. The molecule has 1 aliphatic carbocycles. The van der Waals surface area contributed by atoms with E-state index < -0.39 is 11.5 Å². The van der Waals surface area contributed by atoms with E-state index in [-0.39, 0.29) is 0 Å². The number of hydrogen-bond donors (Lipinski definition) is 1. The Morgan fingerprint density at radius 2 is 2.28 bits per heavy atom. The number of carboxylic acids is 1. The molecule has 2 heterocycles. The second-order valence-electron chi connectivity index (χ2n) is 5.40. The minimum Gasteiger partial charge on any atom is -0.480 e. The molecule has 98 valence electrons. The quantitative estimate of drug-likeness (QED) is 0.909. The van der Waals surface area contributed by atoms with Gasteiger partial charge in [-0.3, -0.25) is 0 Å². The van der Waals surface area contributed by atoms with Crippen molar-refractivity contribution in [2.75, 3.05) is 11.4 Å². The fourth-order valence-corrected chi connectivity index (χ4v) is 3.38. The molecule has 0 radical (unpaired) electrons. The molecule has 1 aromatic rings. The Bertz CT molecular complexity index is 472. The number of nitrogens with zero attached hydrogens (tertiary/aromatic N) is 3. The summed E-state index contributed by atoms with van der Waals surface area (Å²) in [5.74, 6) is 0.676. The molecule has 5 nitrogen and oxygen atoms in total. The highest BCUT2D eigenvalue weighted by atomic mass is 32.1. The van der Waals surface area contributed by atoms with Gasteiger partial charge in [0, 0.05) is 24.0 Å². The molecule has 1 aliphatic heterocycles. The lowest BCUT2D eigenvalue weighted by Gasteiger charge is -2.41. The predicted molar refractivity (Wildman–Crippen MR) is 69.1 cm³/mol. The van der Waals surface area contributed by atoms with E-state index in [4.69, 9.17) is 0 Å². The lowest BCUT2D eigenvalue weighted by atomic mass is 9.89. The van der Waals surface area contributed by atoms with Gasteiger partial charge in [-0.2, -0.15) is 4.37 Å². The molecule has 2 fully saturated rings. The third-order valence-electron chi connectivity index (χ3n) is 3.96. The van der Waals surface area contributed by atoms with Gasteiger partial charge in [-0.15, -0.1) is 0 Å². The van der Waals surface area contributed by atoms with Crippen LogP contribution in [0.5, 0.6) is 0 Å². The first-order chi connectivity index (χ1) is 8.61. The summed E-state index contributed by atoms with van der Waals surface area (Å²) in [6.45, 7) is 2.56. The molecule has 6 heteroatoms. The molecule has 3 rings (SSSR count). The van der Waals surface area contributed by atoms with Crippen molar-refractivity contribution in [3.05, 3.63) is 5.82 Å². The van der Waals surface area contributed by atoms with E-state index >= 15 is 0 Å². The van der Waals surface area contributed by atoms with Crippen molar-refractivity contribution < 1.29 is 9.90 Å². The van der Waals surface area contributed by atoms with Crippen molar-refractivity contribution in [3.8, 4) is 0 Å². The first-order valence-electron chi connectivity index (χ1n) is 6.46. The Morgan fingerprint density at radius 3 is 2.94 bits per heavy atom. The highest BCUT2D eigenvalue weighted by molar-refractivity contribution is 7.09. The SMILES string of the molecule is CC1(C(=O)O)CCCCN1c1nc(C2CC2)ns1. The van der Waals surface area contributed by atoms with Crippen molar-refractivity contribution in [2.45, 2.75) is 50.5 Å². The van der Waals surface area contributed by atoms with E-state index in [0.717, 1.165) is 30.3 Å². The molecule has 1 aromatic heterocycles. The molecule has 1 saturated carbocycles. The van der Waals surface area contributed by atoms with Crippen LogP contribution in [0.2, 0.25) is 0 Å². The number of anilines is 1. The number of aromatic nitrogens is 2. The number of aliphatic carboxylic acids is 1. The van der Waals surface area contributed by atoms with Crippen LogP contribution in [0.3, 0.4) is 0 Å². The van der Waals surface area contributed by atoms with Gasteiger partial charge in [-0.25, -0.2) is 9.78 Å². The molecule has 0 amide bonds. The van der Waals surface area contributed by atoms with Crippen LogP contribution < -0.4 is 4.90 Å². The molecule has 1 atom stereocenters. The van der Waals surface area contributed by atoms with E-state index in [1.807, 2.05) is 4.90 Å². The maximum atomic E-state index is 11.5. The summed E-state index contributed by atoms with van der Waals surface area (Å²) < 4.78 is 4.37. The van der Waals surface area contributed by atoms with E-state index in [1.54, 1.807) is 6.92 Å². The number of rotatable bonds is 3. The average molecular weight is 267 g/mol. The van der Waals surface area contributed by atoms with Crippen LogP contribution in [-0.4, -0.2) is 32.5 Å². The van der Waals surface area contributed by atoms with Gasteiger partial charge in [0.1, 0.15) is 11.4 Å². The van der Waals surface area contributed by atoms with E-state index in [0.29, 0.717) is 12.3 Å². The van der Waals surface area contributed by atoms with Gasteiger partial charge >= 0.3 is 5.97 Å². The lowest BCUT2D eigenvalue weighted by molar-refractivity contribution is -0.143. The van der Waals surface area contributed by atoms with Gasteiger partial charge in [0.05, 0.1) is 0 Å². The van der Waals surface area contributed by atoms with Crippen molar-refractivity contribution in [1.82, 2.24) is 9.36 Å². The summed E-state index contributed by atoms with van der Waals surface area (Å²) in [4.78, 5) is 18.0. The molecule has 18 heavy (non-hydrogen) atoms. The zero-order chi connectivity index (χ0) is 12.8. The fourth-order valence-electron chi connectivity index (χ4n) is 2.49. The number of hydrogen-bond acceptors (Lipinski definition) is 5. The molecular weight excluding hydrogens is 250 g/mol. The largest absolute Gasteiger partial charge is 0.480 e. The minimum absolute atomic E-state index is 0.524. The second kappa shape index (κ2) is 4.19.